The molecule has 3 aromatic rings. The van der Waals surface area contributed by atoms with Crippen LogP contribution in [0, 0.1) is 0 Å². The summed E-state index contributed by atoms with van der Waals surface area (Å²) < 4.78 is 49.7. The number of amides is 1. The Hall–Kier alpha value is -3.29. The average Bonchev–Trinajstić information content (AvgIpc) is 3.37. The molecule has 2 heterocycles. The summed E-state index contributed by atoms with van der Waals surface area (Å²) in [5.41, 5.74) is 0.927. The number of ether oxygens (including phenoxy) is 1. The van der Waals surface area contributed by atoms with Crippen LogP contribution in [0.1, 0.15) is 23.5 Å². The SMILES string of the molecule is COc1cc(N2CCC(c3cccc(C(F)(F)F)c3)C2=O)ccc1-c1cnco1. The Labute approximate surface area is 164 Å². The molecule has 0 spiro atoms. The van der Waals surface area contributed by atoms with Gasteiger partial charge in [-0.05, 0) is 30.2 Å². The van der Waals surface area contributed by atoms with Crippen molar-refractivity contribution in [3.05, 3.63) is 66.2 Å². The van der Waals surface area contributed by atoms with E-state index in [1.165, 1.54) is 19.6 Å². The predicted octanol–water partition coefficient (Wildman–Crippen LogP) is 4.89. The van der Waals surface area contributed by atoms with Gasteiger partial charge in [0.15, 0.2) is 12.2 Å². The van der Waals surface area contributed by atoms with Crippen LogP contribution in [0.3, 0.4) is 0 Å². The molecule has 1 aliphatic heterocycles. The second-order valence-corrected chi connectivity index (χ2v) is 6.70. The van der Waals surface area contributed by atoms with Gasteiger partial charge in [-0.3, -0.25) is 4.79 Å². The minimum Gasteiger partial charge on any atom is -0.496 e. The molecule has 0 radical (unpaired) electrons. The molecule has 1 aromatic heterocycles. The fraction of sp³-hybridized carbons (Fsp3) is 0.238. The van der Waals surface area contributed by atoms with Gasteiger partial charge >= 0.3 is 6.18 Å². The maximum atomic E-state index is 13.0. The third-order valence-electron chi connectivity index (χ3n) is 5.02. The van der Waals surface area contributed by atoms with Crippen molar-refractivity contribution in [3.8, 4) is 17.1 Å². The maximum Gasteiger partial charge on any atom is 0.416 e. The molecule has 1 aliphatic rings. The number of nitrogens with zero attached hydrogens (tertiary/aromatic N) is 2. The number of methoxy groups -OCH3 is 1. The number of rotatable bonds is 4. The number of hydrogen-bond donors (Lipinski definition) is 0. The van der Waals surface area contributed by atoms with Crippen LogP contribution in [-0.2, 0) is 11.0 Å². The van der Waals surface area contributed by atoms with Gasteiger partial charge in [-0.25, -0.2) is 4.98 Å². The standard InChI is InChI=1S/C21H17F3N2O3/c1-28-18-10-15(5-6-17(18)19-11-25-12-29-19)26-8-7-16(20(26)27)13-3-2-4-14(9-13)21(22,23)24/h2-6,9-12,16H,7-8H2,1H3. The number of aromatic nitrogens is 1. The molecule has 1 unspecified atom stereocenters. The molecule has 0 N–H and O–H groups in total. The van der Waals surface area contributed by atoms with Crippen molar-refractivity contribution in [2.45, 2.75) is 18.5 Å². The van der Waals surface area contributed by atoms with Gasteiger partial charge in [-0.15, -0.1) is 0 Å². The van der Waals surface area contributed by atoms with E-state index < -0.39 is 17.7 Å². The van der Waals surface area contributed by atoms with E-state index >= 15 is 0 Å². The first kappa shape index (κ1) is 19.0. The van der Waals surface area contributed by atoms with Gasteiger partial charge in [0, 0.05) is 18.3 Å². The van der Waals surface area contributed by atoms with Gasteiger partial charge in [0.1, 0.15) is 5.75 Å². The van der Waals surface area contributed by atoms with Gasteiger partial charge in [0.2, 0.25) is 5.91 Å². The normalized spacial score (nSPS) is 17.0. The lowest BCUT2D eigenvalue weighted by Gasteiger charge is -2.19. The Balaban J connectivity index is 1.61. The lowest BCUT2D eigenvalue weighted by atomic mass is 9.96. The summed E-state index contributed by atoms with van der Waals surface area (Å²) in [6, 6.07) is 10.2. The van der Waals surface area contributed by atoms with Crippen LogP contribution in [0.15, 0.2) is 59.5 Å². The topological polar surface area (TPSA) is 55.6 Å². The number of halogens is 3. The van der Waals surface area contributed by atoms with Crippen LogP contribution in [-0.4, -0.2) is 24.5 Å². The molecule has 1 fully saturated rings. The highest BCUT2D eigenvalue weighted by Crippen LogP contribution is 2.38. The molecular weight excluding hydrogens is 385 g/mol. The molecule has 8 heteroatoms. The van der Waals surface area contributed by atoms with E-state index in [9.17, 15) is 18.0 Å². The Morgan fingerprint density at radius 1 is 1.21 bits per heavy atom. The lowest BCUT2D eigenvalue weighted by molar-refractivity contribution is -0.137. The molecule has 0 saturated carbocycles. The van der Waals surface area contributed by atoms with Gasteiger partial charge < -0.3 is 14.1 Å². The molecular formula is C21H17F3N2O3. The maximum absolute atomic E-state index is 13.0. The molecule has 1 atom stereocenters. The minimum atomic E-state index is -4.44. The van der Waals surface area contributed by atoms with E-state index in [1.807, 2.05) is 0 Å². The number of benzene rings is 2. The van der Waals surface area contributed by atoms with Gasteiger partial charge in [-0.2, -0.15) is 13.2 Å². The molecule has 150 valence electrons. The van der Waals surface area contributed by atoms with Crippen LogP contribution in [0.2, 0.25) is 0 Å². The summed E-state index contributed by atoms with van der Waals surface area (Å²) in [6.07, 6.45) is -1.14. The second kappa shape index (κ2) is 7.27. The van der Waals surface area contributed by atoms with Gasteiger partial charge in [0.05, 0.1) is 30.4 Å². The quantitative estimate of drug-likeness (QED) is 0.624. The largest absolute Gasteiger partial charge is 0.496 e. The smallest absolute Gasteiger partial charge is 0.416 e. The van der Waals surface area contributed by atoms with E-state index in [2.05, 4.69) is 4.98 Å². The fourth-order valence-electron chi connectivity index (χ4n) is 3.58. The van der Waals surface area contributed by atoms with E-state index in [-0.39, 0.29) is 5.91 Å². The first-order chi connectivity index (χ1) is 13.9. The Kier molecular flexibility index (Phi) is 4.77. The molecule has 0 aliphatic carbocycles. The third kappa shape index (κ3) is 3.57. The zero-order valence-corrected chi connectivity index (χ0v) is 15.4. The fourth-order valence-corrected chi connectivity index (χ4v) is 3.58. The summed E-state index contributed by atoms with van der Waals surface area (Å²) in [6.45, 7) is 0.407. The second-order valence-electron chi connectivity index (χ2n) is 6.70. The number of anilines is 1. The number of carbonyl (C=O) groups excluding carboxylic acids is 1. The highest BCUT2D eigenvalue weighted by Gasteiger charge is 2.36. The van der Waals surface area contributed by atoms with Crippen LogP contribution in [0.5, 0.6) is 5.75 Å². The van der Waals surface area contributed by atoms with Gasteiger partial charge in [0.25, 0.3) is 0 Å². The average molecular weight is 402 g/mol. The molecule has 29 heavy (non-hydrogen) atoms. The van der Waals surface area contributed by atoms with E-state index in [0.29, 0.717) is 41.3 Å². The summed E-state index contributed by atoms with van der Waals surface area (Å²) in [7, 11) is 1.51. The zero-order valence-electron chi connectivity index (χ0n) is 15.4. The van der Waals surface area contributed by atoms with Crippen molar-refractivity contribution in [2.24, 2.45) is 0 Å². The van der Waals surface area contributed by atoms with Crippen molar-refractivity contribution in [1.29, 1.82) is 0 Å². The first-order valence-electron chi connectivity index (χ1n) is 8.94. The number of carbonyl (C=O) groups is 1. The van der Waals surface area contributed by atoms with E-state index in [1.54, 1.807) is 35.4 Å². The minimum absolute atomic E-state index is 0.237. The molecule has 1 amide bonds. The molecule has 2 aromatic carbocycles. The van der Waals surface area contributed by atoms with Crippen molar-refractivity contribution in [1.82, 2.24) is 4.98 Å². The number of hydrogen-bond acceptors (Lipinski definition) is 4. The highest BCUT2D eigenvalue weighted by molar-refractivity contribution is 6.00. The zero-order chi connectivity index (χ0) is 20.6. The first-order valence-corrected chi connectivity index (χ1v) is 8.94. The van der Waals surface area contributed by atoms with Crippen LogP contribution in [0.25, 0.3) is 11.3 Å². The summed E-state index contributed by atoms with van der Waals surface area (Å²) in [4.78, 5) is 18.4. The number of oxazole rings is 1. The Morgan fingerprint density at radius 3 is 2.72 bits per heavy atom. The van der Waals surface area contributed by atoms with Crippen molar-refractivity contribution in [3.63, 3.8) is 0 Å². The molecule has 1 saturated heterocycles. The van der Waals surface area contributed by atoms with E-state index in [0.717, 1.165) is 12.1 Å². The summed E-state index contributed by atoms with van der Waals surface area (Å²) in [5, 5.41) is 0. The molecule has 5 nitrogen and oxygen atoms in total. The molecule has 0 bridgehead atoms. The summed E-state index contributed by atoms with van der Waals surface area (Å²) >= 11 is 0. The monoisotopic (exact) mass is 402 g/mol. The third-order valence-corrected chi connectivity index (χ3v) is 5.02. The van der Waals surface area contributed by atoms with Crippen molar-refractivity contribution in [2.75, 3.05) is 18.6 Å². The van der Waals surface area contributed by atoms with Crippen molar-refractivity contribution < 1.29 is 27.1 Å². The van der Waals surface area contributed by atoms with E-state index in [4.69, 9.17) is 9.15 Å². The van der Waals surface area contributed by atoms with Crippen LogP contribution in [0.4, 0.5) is 18.9 Å². The number of alkyl halides is 3. The Morgan fingerprint density at radius 2 is 2.03 bits per heavy atom. The predicted molar refractivity (Wildman–Crippen MR) is 99.6 cm³/mol. The van der Waals surface area contributed by atoms with Gasteiger partial charge in [-0.1, -0.05) is 18.2 Å². The van der Waals surface area contributed by atoms with Crippen LogP contribution < -0.4 is 9.64 Å². The Bertz CT molecular complexity index is 1030. The van der Waals surface area contributed by atoms with Crippen LogP contribution >= 0.6 is 0 Å². The van der Waals surface area contributed by atoms with Crippen molar-refractivity contribution >= 4 is 11.6 Å². The molecule has 4 rings (SSSR count). The summed E-state index contributed by atoms with van der Waals surface area (Å²) in [5.74, 6) is 0.189. The lowest BCUT2D eigenvalue weighted by Crippen LogP contribution is -2.26. The highest BCUT2D eigenvalue weighted by atomic mass is 19.4.